The fourth-order valence-corrected chi connectivity index (χ4v) is 3.18. The second-order valence-electron chi connectivity index (χ2n) is 5.38. The minimum absolute atomic E-state index is 0.113. The molecule has 1 heterocycles. The van der Waals surface area contributed by atoms with Gasteiger partial charge in [-0.1, -0.05) is 55.8 Å². The standard InChI is InChI=1S/C17H23ClN2O/c1-4-13(12-9-7-6-8-10-12)16(21)11-15-17(18)14(5-2)19-20(15)3/h6-10,13,16,21H,4-5,11H2,1-3H3. The molecule has 1 N–H and O–H groups in total. The van der Waals surface area contributed by atoms with E-state index >= 15 is 0 Å². The minimum Gasteiger partial charge on any atom is -0.392 e. The Morgan fingerprint density at radius 3 is 2.43 bits per heavy atom. The zero-order chi connectivity index (χ0) is 15.4. The van der Waals surface area contributed by atoms with Crippen LogP contribution in [-0.4, -0.2) is 21.0 Å². The number of aliphatic hydroxyl groups is 1. The van der Waals surface area contributed by atoms with Crippen LogP contribution in [-0.2, 0) is 19.9 Å². The van der Waals surface area contributed by atoms with Crippen LogP contribution < -0.4 is 0 Å². The third-order valence-electron chi connectivity index (χ3n) is 4.04. The van der Waals surface area contributed by atoms with Gasteiger partial charge in [-0.2, -0.15) is 5.10 Å². The molecule has 1 aromatic heterocycles. The average molecular weight is 307 g/mol. The number of aryl methyl sites for hydroxylation is 2. The molecule has 0 radical (unpaired) electrons. The SMILES string of the molecule is CCc1nn(C)c(CC(O)C(CC)c2ccccc2)c1Cl. The molecule has 0 aliphatic carbocycles. The number of rotatable bonds is 6. The van der Waals surface area contributed by atoms with Crippen LogP contribution in [0.4, 0.5) is 0 Å². The maximum Gasteiger partial charge on any atom is 0.0850 e. The molecule has 0 fully saturated rings. The molecule has 0 spiro atoms. The van der Waals surface area contributed by atoms with Gasteiger partial charge in [-0.15, -0.1) is 0 Å². The lowest BCUT2D eigenvalue weighted by Crippen LogP contribution is -2.22. The Balaban J connectivity index is 2.20. The largest absolute Gasteiger partial charge is 0.392 e. The van der Waals surface area contributed by atoms with E-state index in [4.69, 9.17) is 11.6 Å². The second-order valence-corrected chi connectivity index (χ2v) is 5.76. The smallest absolute Gasteiger partial charge is 0.0850 e. The summed E-state index contributed by atoms with van der Waals surface area (Å²) in [6.45, 7) is 4.14. The molecular formula is C17H23ClN2O. The van der Waals surface area contributed by atoms with Gasteiger partial charge < -0.3 is 5.11 Å². The van der Waals surface area contributed by atoms with Crippen LogP contribution in [0.5, 0.6) is 0 Å². The van der Waals surface area contributed by atoms with Gasteiger partial charge in [0.25, 0.3) is 0 Å². The molecule has 3 nitrogen and oxygen atoms in total. The van der Waals surface area contributed by atoms with Gasteiger partial charge in [-0.25, -0.2) is 0 Å². The Bertz CT molecular complexity index is 580. The van der Waals surface area contributed by atoms with Crippen molar-refractivity contribution in [2.24, 2.45) is 7.05 Å². The van der Waals surface area contributed by atoms with E-state index in [-0.39, 0.29) is 5.92 Å². The van der Waals surface area contributed by atoms with Crippen molar-refractivity contribution < 1.29 is 5.11 Å². The van der Waals surface area contributed by atoms with E-state index in [1.54, 1.807) is 4.68 Å². The van der Waals surface area contributed by atoms with Crippen LogP contribution in [0, 0.1) is 0 Å². The average Bonchev–Trinajstić information content (AvgIpc) is 2.76. The van der Waals surface area contributed by atoms with Crippen LogP contribution in [0.1, 0.15) is 43.1 Å². The van der Waals surface area contributed by atoms with Crippen molar-refractivity contribution in [2.75, 3.05) is 0 Å². The summed E-state index contributed by atoms with van der Waals surface area (Å²) in [5.74, 6) is 0.113. The van der Waals surface area contributed by atoms with Gasteiger partial charge in [0.2, 0.25) is 0 Å². The maximum atomic E-state index is 10.6. The van der Waals surface area contributed by atoms with Crippen LogP contribution in [0.15, 0.2) is 30.3 Å². The highest BCUT2D eigenvalue weighted by Gasteiger charge is 2.23. The number of benzene rings is 1. The highest BCUT2D eigenvalue weighted by molar-refractivity contribution is 6.31. The van der Waals surface area contributed by atoms with Gasteiger partial charge in [0.1, 0.15) is 0 Å². The minimum atomic E-state index is -0.463. The first-order chi connectivity index (χ1) is 10.1. The Morgan fingerprint density at radius 2 is 1.90 bits per heavy atom. The van der Waals surface area contributed by atoms with Gasteiger partial charge in [-0.3, -0.25) is 4.68 Å². The fourth-order valence-electron chi connectivity index (χ4n) is 2.81. The van der Waals surface area contributed by atoms with Crippen molar-refractivity contribution in [2.45, 2.75) is 45.1 Å². The zero-order valence-corrected chi connectivity index (χ0v) is 13.6. The fraction of sp³-hybridized carbons (Fsp3) is 0.471. The van der Waals surface area contributed by atoms with E-state index in [9.17, 15) is 5.11 Å². The lowest BCUT2D eigenvalue weighted by atomic mass is 9.88. The van der Waals surface area contributed by atoms with Crippen molar-refractivity contribution in [3.8, 4) is 0 Å². The molecule has 21 heavy (non-hydrogen) atoms. The van der Waals surface area contributed by atoms with Gasteiger partial charge in [0.05, 0.1) is 22.5 Å². The summed E-state index contributed by atoms with van der Waals surface area (Å²) in [6, 6.07) is 10.2. The number of halogens is 1. The number of hydrogen-bond acceptors (Lipinski definition) is 2. The van der Waals surface area contributed by atoms with Gasteiger partial charge in [0.15, 0.2) is 0 Å². The summed E-state index contributed by atoms with van der Waals surface area (Å²) in [5, 5.41) is 15.8. The molecule has 0 bridgehead atoms. The van der Waals surface area contributed by atoms with Gasteiger partial charge in [0, 0.05) is 19.4 Å². The summed E-state index contributed by atoms with van der Waals surface area (Å²) in [4.78, 5) is 0. The third kappa shape index (κ3) is 3.47. The quantitative estimate of drug-likeness (QED) is 0.883. The molecule has 0 aliphatic heterocycles. The van der Waals surface area contributed by atoms with E-state index in [1.165, 1.54) is 5.56 Å². The molecule has 2 atom stereocenters. The molecule has 0 saturated carbocycles. The summed E-state index contributed by atoms with van der Waals surface area (Å²) in [5.41, 5.74) is 2.98. The van der Waals surface area contributed by atoms with Crippen molar-refractivity contribution in [1.82, 2.24) is 9.78 Å². The van der Waals surface area contributed by atoms with Crippen molar-refractivity contribution in [3.63, 3.8) is 0 Å². The first kappa shape index (κ1) is 16.1. The van der Waals surface area contributed by atoms with Gasteiger partial charge >= 0.3 is 0 Å². The highest BCUT2D eigenvalue weighted by Crippen LogP contribution is 2.28. The molecule has 2 rings (SSSR count). The Hall–Kier alpha value is -1.32. The molecule has 4 heteroatoms. The molecule has 0 saturated heterocycles. The van der Waals surface area contributed by atoms with E-state index < -0.39 is 6.10 Å². The number of aromatic nitrogens is 2. The number of hydrogen-bond donors (Lipinski definition) is 1. The summed E-state index contributed by atoms with van der Waals surface area (Å²) in [7, 11) is 1.89. The van der Waals surface area contributed by atoms with Crippen LogP contribution in [0.25, 0.3) is 0 Å². The summed E-state index contributed by atoms with van der Waals surface area (Å²) < 4.78 is 1.79. The zero-order valence-electron chi connectivity index (χ0n) is 12.9. The van der Waals surface area contributed by atoms with Crippen molar-refractivity contribution in [1.29, 1.82) is 0 Å². The molecule has 2 aromatic rings. The molecule has 2 unspecified atom stereocenters. The Labute approximate surface area is 131 Å². The Kier molecular flexibility index (Phi) is 5.43. The van der Waals surface area contributed by atoms with E-state index in [0.717, 1.165) is 24.2 Å². The predicted octanol–water partition coefficient (Wildman–Crippen LogP) is 3.73. The Morgan fingerprint density at radius 1 is 1.24 bits per heavy atom. The molecule has 1 aromatic carbocycles. The van der Waals surface area contributed by atoms with Crippen molar-refractivity contribution >= 4 is 11.6 Å². The maximum absolute atomic E-state index is 10.6. The molecule has 114 valence electrons. The predicted molar refractivity (Wildman–Crippen MR) is 86.8 cm³/mol. The van der Waals surface area contributed by atoms with Crippen molar-refractivity contribution in [3.05, 3.63) is 52.3 Å². The van der Waals surface area contributed by atoms with E-state index in [0.29, 0.717) is 11.4 Å². The second kappa shape index (κ2) is 7.10. The van der Waals surface area contributed by atoms with Crippen LogP contribution in [0.3, 0.4) is 0 Å². The highest BCUT2D eigenvalue weighted by atomic mass is 35.5. The molecule has 0 amide bonds. The topological polar surface area (TPSA) is 38.0 Å². The molecule has 0 aliphatic rings. The monoisotopic (exact) mass is 306 g/mol. The summed E-state index contributed by atoms with van der Waals surface area (Å²) in [6.07, 6.45) is 1.75. The van der Waals surface area contributed by atoms with E-state index in [1.807, 2.05) is 32.2 Å². The first-order valence-corrected chi connectivity index (χ1v) is 7.89. The normalized spacial score (nSPS) is 14.1. The lowest BCUT2D eigenvalue weighted by molar-refractivity contribution is 0.138. The van der Waals surface area contributed by atoms with Gasteiger partial charge in [-0.05, 0) is 18.4 Å². The lowest BCUT2D eigenvalue weighted by Gasteiger charge is -2.22. The van der Waals surface area contributed by atoms with Crippen LogP contribution in [0.2, 0.25) is 5.02 Å². The summed E-state index contributed by atoms with van der Waals surface area (Å²) >= 11 is 6.37. The van der Waals surface area contributed by atoms with E-state index in [2.05, 4.69) is 24.2 Å². The number of aliphatic hydroxyl groups excluding tert-OH is 1. The third-order valence-corrected chi connectivity index (χ3v) is 4.47. The molecular weight excluding hydrogens is 284 g/mol. The van der Waals surface area contributed by atoms with Crippen LogP contribution >= 0.6 is 11.6 Å². The first-order valence-electron chi connectivity index (χ1n) is 7.51. The number of nitrogens with zero attached hydrogens (tertiary/aromatic N) is 2.